The maximum Gasteiger partial charge on any atom is 0.317 e. The van der Waals surface area contributed by atoms with Crippen LogP contribution in [-0.4, -0.2) is 81.5 Å². The summed E-state index contributed by atoms with van der Waals surface area (Å²) in [6.45, 7) is 4.32. The number of nitrogens with one attached hydrogen (secondary N) is 1. The Balaban J connectivity index is 1.11. The van der Waals surface area contributed by atoms with Crippen LogP contribution in [0.25, 0.3) is 0 Å². The molecular weight excluding hydrogens is 452 g/mol. The molecule has 3 aliphatic heterocycles. The van der Waals surface area contributed by atoms with Crippen LogP contribution in [0.2, 0.25) is 0 Å². The van der Waals surface area contributed by atoms with Crippen LogP contribution in [0.5, 0.6) is 23.0 Å². The third kappa shape index (κ3) is 4.93. The van der Waals surface area contributed by atoms with E-state index in [-0.39, 0.29) is 31.2 Å². The summed E-state index contributed by atoms with van der Waals surface area (Å²) in [7, 11) is 3.13. The Morgan fingerprint density at radius 1 is 1.00 bits per heavy atom. The molecule has 10 nitrogen and oxygen atoms in total. The molecule has 2 saturated heterocycles. The first-order chi connectivity index (χ1) is 17.0. The van der Waals surface area contributed by atoms with Crippen molar-refractivity contribution in [1.29, 1.82) is 0 Å². The smallest absolute Gasteiger partial charge is 0.317 e. The molecule has 0 aromatic heterocycles. The van der Waals surface area contributed by atoms with Gasteiger partial charge in [0.25, 0.3) is 0 Å². The predicted molar refractivity (Wildman–Crippen MR) is 128 cm³/mol. The van der Waals surface area contributed by atoms with Crippen molar-refractivity contribution < 1.29 is 28.5 Å². The monoisotopic (exact) mass is 482 g/mol. The van der Waals surface area contributed by atoms with Crippen molar-refractivity contribution in [2.75, 3.05) is 58.6 Å². The molecule has 0 aliphatic carbocycles. The van der Waals surface area contributed by atoms with Gasteiger partial charge in [-0.15, -0.1) is 0 Å². The average Bonchev–Trinajstić information content (AvgIpc) is 3.49. The highest BCUT2D eigenvalue weighted by atomic mass is 16.7. The molecule has 0 unspecified atom stereocenters. The minimum absolute atomic E-state index is 0.0314. The van der Waals surface area contributed by atoms with Gasteiger partial charge in [-0.1, -0.05) is 6.07 Å². The molecule has 2 aromatic carbocycles. The van der Waals surface area contributed by atoms with Gasteiger partial charge in [0.2, 0.25) is 12.7 Å². The van der Waals surface area contributed by atoms with Gasteiger partial charge >= 0.3 is 6.03 Å². The topological polar surface area (TPSA) is 92.8 Å². The minimum Gasteiger partial charge on any atom is -0.493 e. The largest absolute Gasteiger partial charge is 0.493 e. The number of carbonyl (C=O) groups is 2. The van der Waals surface area contributed by atoms with Crippen molar-refractivity contribution in [3.63, 3.8) is 0 Å². The average molecular weight is 483 g/mol. The number of fused-ring (bicyclic) bond motifs is 1. The van der Waals surface area contributed by atoms with Crippen molar-refractivity contribution in [1.82, 2.24) is 15.1 Å². The second kappa shape index (κ2) is 9.91. The molecule has 0 radical (unpaired) electrons. The van der Waals surface area contributed by atoms with Crippen molar-refractivity contribution in [3.8, 4) is 23.0 Å². The number of hydrogen-bond acceptors (Lipinski definition) is 7. The van der Waals surface area contributed by atoms with E-state index in [1.54, 1.807) is 31.3 Å². The first kappa shape index (κ1) is 23.1. The van der Waals surface area contributed by atoms with Gasteiger partial charge in [0.1, 0.15) is 0 Å². The highest BCUT2D eigenvalue weighted by Crippen LogP contribution is 2.34. The lowest BCUT2D eigenvalue weighted by Gasteiger charge is -2.35. The molecule has 186 valence electrons. The third-order valence-electron chi connectivity index (χ3n) is 6.63. The maximum atomic E-state index is 12.9. The molecule has 3 amide bonds. The lowest BCUT2D eigenvalue weighted by Crippen LogP contribution is -2.53. The normalized spacial score (nSPS) is 19.7. The van der Waals surface area contributed by atoms with E-state index in [2.05, 4.69) is 10.2 Å². The van der Waals surface area contributed by atoms with Gasteiger partial charge in [0.05, 0.1) is 20.3 Å². The summed E-state index contributed by atoms with van der Waals surface area (Å²) in [6.07, 6.45) is 0.268. The van der Waals surface area contributed by atoms with Crippen molar-refractivity contribution in [2.45, 2.75) is 19.0 Å². The van der Waals surface area contributed by atoms with Gasteiger partial charge in [0.15, 0.2) is 23.0 Å². The van der Waals surface area contributed by atoms with Crippen molar-refractivity contribution >= 4 is 17.6 Å². The summed E-state index contributed by atoms with van der Waals surface area (Å²) < 4.78 is 21.5. The number of rotatable bonds is 6. The molecule has 2 aromatic rings. The SMILES string of the molecule is COc1ccc(N2C[C@@H](NC(=O)N3CCN(Cc4ccc5c(c4)OCO5)CC3)CC2=O)cc1OC. The number of methoxy groups -OCH3 is 2. The van der Waals surface area contributed by atoms with E-state index in [1.807, 2.05) is 29.2 Å². The Morgan fingerprint density at radius 3 is 2.54 bits per heavy atom. The summed E-state index contributed by atoms with van der Waals surface area (Å²) in [5.74, 6) is 2.70. The van der Waals surface area contributed by atoms with E-state index >= 15 is 0 Å². The van der Waals surface area contributed by atoms with Crippen LogP contribution in [0.3, 0.4) is 0 Å². The standard InChI is InChI=1S/C25H30N4O6/c1-32-20-6-4-19(13-22(20)33-2)29-15-18(12-24(29)30)26-25(31)28-9-7-27(8-10-28)14-17-3-5-21-23(11-17)35-16-34-21/h3-6,11,13,18H,7-10,12,14-16H2,1-2H3,(H,26,31)/t18-/m0/s1. The zero-order chi connectivity index (χ0) is 24.4. The molecule has 1 N–H and O–H groups in total. The van der Waals surface area contributed by atoms with Gasteiger partial charge in [-0.25, -0.2) is 4.79 Å². The Hall–Kier alpha value is -3.66. The molecule has 3 aliphatic rings. The zero-order valence-electron chi connectivity index (χ0n) is 20.0. The van der Waals surface area contributed by atoms with Gasteiger partial charge in [-0.3, -0.25) is 9.69 Å². The lowest BCUT2D eigenvalue weighted by molar-refractivity contribution is -0.117. The lowest BCUT2D eigenvalue weighted by atomic mass is 10.1. The summed E-state index contributed by atoms with van der Waals surface area (Å²) >= 11 is 0. The molecule has 0 bridgehead atoms. The molecule has 10 heteroatoms. The summed E-state index contributed by atoms with van der Waals surface area (Å²) in [5.41, 5.74) is 1.88. The van der Waals surface area contributed by atoms with Gasteiger partial charge in [-0.2, -0.15) is 0 Å². The molecule has 35 heavy (non-hydrogen) atoms. The maximum absolute atomic E-state index is 12.9. The highest BCUT2D eigenvalue weighted by molar-refractivity contribution is 5.97. The van der Waals surface area contributed by atoms with E-state index in [0.717, 1.165) is 42.4 Å². The molecule has 0 saturated carbocycles. The van der Waals surface area contributed by atoms with Crippen LogP contribution in [0.4, 0.5) is 10.5 Å². The van der Waals surface area contributed by atoms with E-state index in [1.165, 1.54) is 0 Å². The third-order valence-corrected chi connectivity index (χ3v) is 6.63. The second-order valence-electron chi connectivity index (χ2n) is 8.84. The van der Waals surface area contributed by atoms with Gasteiger partial charge in [-0.05, 0) is 29.8 Å². The van der Waals surface area contributed by atoms with Crippen molar-refractivity contribution in [3.05, 3.63) is 42.0 Å². The first-order valence-electron chi connectivity index (χ1n) is 11.7. The highest BCUT2D eigenvalue weighted by Gasteiger charge is 2.33. The van der Waals surface area contributed by atoms with Crippen LogP contribution in [-0.2, 0) is 11.3 Å². The van der Waals surface area contributed by atoms with Crippen LogP contribution >= 0.6 is 0 Å². The van der Waals surface area contributed by atoms with Gasteiger partial charge < -0.3 is 34.1 Å². The number of nitrogens with zero attached hydrogens (tertiary/aromatic N) is 3. The number of benzene rings is 2. The zero-order valence-corrected chi connectivity index (χ0v) is 20.0. The number of piperazine rings is 1. The second-order valence-corrected chi connectivity index (χ2v) is 8.84. The molecule has 5 rings (SSSR count). The number of ether oxygens (including phenoxy) is 4. The molecule has 2 fully saturated rings. The fourth-order valence-corrected chi connectivity index (χ4v) is 4.72. The number of urea groups is 1. The van der Waals surface area contributed by atoms with E-state index in [9.17, 15) is 9.59 Å². The van der Waals surface area contributed by atoms with Crippen LogP contribution in [0.15, 0.2) is 36.4 Å². The van der Waals surface area contributed by atoms with E-state index in [0.29, 0.717) is 31.1 Å². The summed E-state index contributed by atoms with van der Waals surface area (Å²) in [4.78, 5) is 31.3. The van der Waals surface area contributed by atoms with E-state index < -0.39 is 0 Å². The molecule has 3 heterocycles. The summed E-state index contributed by atoms with van der Waals surface area (Å²) in [6, 6.07) is 11.0. The number of carbonyl (C=O) groups excluding carboxylic acids is 2. The van der Waals surface area contributed by atoms with Crippen molar-refractivity contribution in [2.24, 2.45) is 0 Å². The number of anilines is 1. The van der Waals surface area contributed by atoms with E-state index in [4.69, 9.17) is 18.9 Å². The molecule has 1 atom stereocenters. The Morgan fingerprint density at radius 2 is 1.77 bits per heavy atom. The number of hydrogen-bond donors (Lipinski definition) is 1. The minimum atomic E-state index is -0.241. The Labute approximate surface area is 204 Å². The van der Waals surface area contributed by atoms with Gasteiger partial charge in [0, 0.05) is 57.4 Å². The Kier molecular flexibility index (Phi) is 6.54. The van der Waals surface area contributed by atoms with Crippen LogP contribution < -0.4 is 29.2 Å². The Bertz CT molecular complexity index is 1100. The van der Waals surface area contributed by atoms with Crippen LogP contribution in [0.1, 0.15) is 12.0 Å². The van der Waals surface area contributed by atoms with Crippen LogP contribution in [0, 0.1) is 0 Å². The predicted octanol–water partition coefficient (Wildman–Crippen LogP) is 2.07. The molecular formula is C25H30N4O6. The summed E-state index contributed by atoms with van der Waals surface area (Å²) in [5, 5.41) is 3.04. The quantitative estimate of drug-likeness (QED) is 0.674. The fraction of sp³-hybridized carbons (Fsp3) is 0.440. The molecule has 0 spiro atoms. The first-order valence-corrected chi connectivity index (χ1v) is 11.7. The number of amides is 3. The fourth-order valence-electron chi connectivity index (χ4n) is 4.72.